The van der Waals surface area contributed by atoms with Crippen LogP contribution in [0.15, 0.2) is 0 Å². The molecule has 1 amide bonds. The highest BCUT2D eigenvalue weighted by Crippen LogP contribution is 1.93. The summed E-state index contributed by atoms with van der Waals surface area (Å²) in [6, 6.07) is -0.876. The first kappa shape index (κ1) is 11.2. The number of thiol groups is 1. The summed E-state index contributed by atoms with van der Waals surface area (Å²) in [4.78, 5) is 21.1. The number of carbonyl (C=O) groups excluding carboxylic acids is 1. The second-order valence-corrected chi connectivity index (χ2v) is 2.62. The third-order valence-electron chi connectivity index (χ3n) is 1.24. The topological polar surface area (TPSA) is 92.4 Å². The third kappa shape index (κ3) is 4.20. The number of nitrogens with two attached hydrogens (primary N) is 1. The van der Waals surface area contributed by atoms with E-state index in [1.807, 2.05) is 0 Å². The number of rotatable bonds is 5. The summed E-state index contributed by atoms with van der Waals surface area (Å²) < 4.78 is 0. The molecule has 0 aromatic heterocycles. The average molecular weight is 192 g/mol. The molecule has 0 aliphatic heterocycles. The maximum atomic E-state index is 10.7. The van der Waals surface area contributed by atoms with E-state index < -0.39 is 17.9 Å². The van der Waals surface area contributed by atoms with Crippen molar-refractivity contribution in [3.63, 3.8) is 0 Å². The summed E-state index contributed by atoms with van der Waals surface area (Å²) in [6.07, 6.45) is 0.296. The molecule has 0 saturated heterocycles. The minimum absolute atomic E-state index is 0.198. The van der Waals surface area contributed by atoms with Crippen molar-refractivity contribution in [3.05, 3.63) is 0 Å². The molecule has 0 aromatic rings. The number of aliphatic carboxylic acids is 1. The summed E-state index contributed by atoms with van der Waals surface area (Å²) in [7, 11) is 0. The zero-order chi connectivity index (χ0) is 9.56. The molecule has 0 spiro atoms. The van der Waals surface area contributed by atoms with E-state index in [-0.39, 0.29) is 6.54 Å². The Bertz CT molecular complexity index is 172. The van der Waals surface area contributed by atoms with Crippen LogP contribution in [0.3, 0.4) is 0 Å². The first-order valence-corrected chi connectivity index (χ1v) is 4.08. The second kappa shape index (κ2) is 5.84. The van der Waals surface area contributed by atoms with Crippen LogP contribution in [0.25, 0.3) is 0 Å². The molecule has 12 heavy (non-hydrogen) atoms. The van der Waals surface area contributed by atoms with Crippen molar-refractivity contribution in [2.24, 2.45) is 5.73 Å². The summed E-state index contributed by atoms with van der Waals surface area (Å²) in [6.45, 7) is -0.198. The largest absolute Gasteiger partial charge is 0.480 e. The van der Waals surface area contributed by atoms with Gasteiger partial charge in [0.15, 0.2) is 0 Å². The van der Waals surface area contributed by atoms with E-state index in [9.17, 15) is 9.59 Å². The molecule has 0 heterocycles. The van der Waals surface area contributed by atoms with Crippen LogP contribution >= 0.6 is 12.6 Å². The number of carboxylic acid groups (broad SMARTS) is 1. The van der Waals surface area contributed by atoms with Gasteiger partial charge in [0, 0.05) is 0 Å². The normalized spacial score (nSPS) is 12.2. The fourth-order valence-electron chi connectivity index (χ4n) is 0.640. The molecule has 1 atom stereocenters. The smallest absolute Gasteiger partial charge is 0.326 e. The van der Waals surface area contributed by atoms with Gasteiger partial charge in [0.1, 0.15) is 6.04 Å². The number of carbonyl (C=O) groups is 2. The lowest BCUT2D eigenvalue weighted by molar-refractivity contribution is -0.141. The Hall–Kier alpha value is -0.750. The maximum Gasteiger partial charge on any atom is 0.326 e. The van der Waals surface area contributed by atoms with E-state index in [0.29, 0.717) is 12.2 Å². The molecule has 0 saturated carbocycles. The second-order valence-electron chi connectivity index (χ2n) is 2.17. The first-order valence-electron chi connectivity index (χ1n) is 3.45. The van der Waals surface area contributed by atoms with E-state index in [0.717, 1.165) is 0 Å². The zero-order valence-electron chi connectivity index (χ0n) is 6.49. The van der Waals surface area contributed by atoms with Crippen LogP contribution in [-0.2, 0) is 9.59 Å². The molecule has 0 radical (unpaired) electrons. The van der Waals surface area contributed by atoms with Crippen LogP contribution in [0.2, 0.25) is 0 Å². The number of carboxylic acids is 1. The average Bonchev–Trinajstić information content (AvgIpc) is 2.03. The standard InChI is InChI=1S/C6H12N2O3S/c7-3-5(9)8-4(1-2-12)6(10)11/h4,12H,1-3,7H2,(H,8,9)(H,10,11)/t4-/m0/s1. The first-order chi connectivity index (χ1) is 5.61. The maximum absolute atomic E-state index is 10.7. The third-order valence-corrected chi connectivity index (χ3v) is 1.49. The Balaban J connectivity index is 3.95. The summed E-state index contributed by atoms with van der Waals surface area (Å²) in [5.74, 6) is -1.13. The SMILES string of the molecule is NCC(=O)N[C@@H](CCS)C(=O)O. The van der Waals surface area contributed by atoms with E-state index in [2.05, 4.69) is 17.9 Å². The lowest BCUT2D eigenvalue weighted by atomic mass is 10.2. The van der Waals surface area contributed by atoms with E-state index in [1.165, 1.54) is 0 Å². The van der Waals surface area contributed by atoms with Gasteiger partial charge in [-0.25, -0.2) is 4.79 Å². The predicted octanol–water partition coefficient (Wildman–Crippen LogP) is -1.17. The Morgan fingerprint density at radius 3 is 2.50 bits per heavy atom. The van der Waals surface area contributed by atoms with Crippen LogP contribution in [0, 0.1) is 0 Å². The lowest BCUT2D eigenvalue weighted by Crippen LogP contribution is -2.43. The van der Waals surface area contributed by atoms with Crippen molar-refractivity contribution < 1.29 is 14.7 Å². The molecule has 6 heteroatoms. The van der Waals surface area contributed by atoms with E-state index >= 15 is 0 Å². The highest BCUT2D eigenvalue weighted by Gasteiger charge is 2.17. The number of hydrogen-bond donors (Lipinski definition) is 4. The van der Waals surface area contributed by atoms with Crippen LogP contribution in [0.4, 0.5) is 0 Å². The number of hydrogen-bond acceptors (Lipinski definition) is 4. The van der Waals surface area contributed by atoms with Gasteiger partial charge in [-0.1, -0.05) is 0 Å². The van der Waals surface area contributed by atoms with Gasteiger partial charge in [-0.05, 0) is 12.2 Å². The van der Waals surface area contributed by atoms with Crippen LogP contribution in [-0.4, -0.2) is 35.3 Å². The molecule has 5 nitrogen and oxygen atoms in total. The minimum atomic E-state index is -1.06. The zero-order valence-corrected chi connectivity index (χ0v) is 7.38. The van der Waals surface area contributed by atoms with Gasteiger partial charge in [0.2, 0.25) is 5.91 Å². The Morgan fingerprint density at radius 2 is 2.17 bits per heavy atom. The van der Waals surface area contributed by atoms with Crippen LogP contribution in [0.1, 0.15) is 6.42 Å². The fourth-order valence-corrected chi connectivity index (χ4v) is 0.898. The minimum Gasteiger partial charge on any atom is -0.480 e. The quantitative estimate of drug-likeness (QED) is 0.413. The molecule has 0 fully saturated rings. The predicted molar refractivity (Wildman–Crippen MR) is 47.1 cm³/mol. The molecular weight excluding hydrogens is 180 g/mol. The molecule has 70 valence electrons. The molecular formula is C6H12N2O3S. The van der Waals surface area contributed by atoms with Crippen LogP contribution in [0.5, 0.6) is 0 Å². The summed E-state index contributed by atoms with van der Waals surface area (Å²) in [5.41, 5.74) is 4.99. The molecule has 0 unspecified atom stereocenters. The van der Waals surface area contributed by atoms with Gasteiger partial charge in [0.05, 0.1) is 6.54 Å². The molecule has 0 bridgehead atoms. The molecule has 0 rings (SSSR count). The van der Waals surface area contributed by atoms with Crippen molar-refractivity contribution >= 4 is 24.5 Å². The van der Waals surface area contributed by atoms with E-state index in [1.54, 1.807) is 0 Å². The highest BCUT2D eigenvalue weighted by atomic mass is 32.1. The van der Waals surface area contributed by atoms with Gasteiger partial charge in [-0.3, -0.25) is 4.79 Å². The Labute approximate surface area is 75.7 Å². The van der Waals surface area contributed by atoms with Crippen molar-refractivity contribution in [1.82, 2.24) is 5.32 Å². The molecule has 0 aliphatic rings. The van der Waals surface area contributed by atoms with Gasteiger partial charge >= 0.3 is 5.97 Å². The van der Waals surface area contributed by atoms with Crippen molar-refractivity contribution in [2.45, 2.75) is 12.5 Å². The molecule has 0 aliphatic carbocycles. The molecule has 0 aromatic carbocycles. The number of amides is 1. The van der Waals surface area contributed by atoms with Gasteiger partial charge in [-0.15, -0.1) is 0 Å². The van der Waals surface area contributed by atoms with Crippen LogP contribution < -0.4 is 11.1 Å². The van der Waals surface area contributed by atoms with Crippen molar-refractivity contribution in [1.29, 1.82) is 0 Å². The van der Waals surface area contributed by atoms with Crippen molar-refractivity contribution in [2.75, 3.05) is 12.3 Å². The van der Waals surface area contributed by atoms with Gasteiger partial charge < -0.3 is 16.2 Å². The molecule has 4 N–H and O–H groups in total. The van der Waals surface area contributed by atoms with Crippen molar-refractivity contribution in [3.8, 4) is 0 Å². The highest BCUT2D eigenvalue weighted by molar-refractivity contribution is 7.80. The Morgan fingerprint density at radius 1 is 1.58 bits per heavy atom. The summed E-state index contributed by atoms with van der Waals surface area (Å²) >= 11 is 3.86. The Kier molecular flexibility index (Phi) is 5.48. The van der Waals surface area contributed by atoms with Gasteiger partial charge in [0.25, 0.3) is 0 Å². The number of nitrogens with one attached hydrogen (secondary N) is 1. The lowest BCUT2D eigenvalue weighted by Gasteiger charge is -2.11. The van der Waals surface area contributed by atoms with Gasteiger partial charge in [-0.2, -0.15) is 12.6 Å². The monoisotopic (exact) mass is 192 g/mol. The summed E-state index contributed by atoms with van der Waals surface area (Å²) in [5, 5.41) is 10.8. The van der Waals surface area contributed by atoms with E-state index in [4.69, 9.17) is 10.8 Å². The fraction of sp³-hybridized carbons (Fsp3) is 0.667.